The number of esters is 1. The van der Waals surface area contributed by atoms with Gasteiger partial charge in [0.15, 0.2) is 5.78 Å². The number of hydrogen-bond acceptors (Lipinski definition) is 4. The molecule has 0 saturated heterocycles. The lowest BCUT2D eigenvalue weighted by atomic mass is 9.61. The number of benzene rings is 3. The van der Waals surface area contributed by atoms with Gasteiger partial charge in [0.25, 0.3) is 0 Å². The van der Waals surface area contributed by atoms with Crippen molar-refractivity contribution in [2.75, 3.05) is 12.4 Å². The Labute approximate surface area is 206 Å². The first kappa shape index (κ1) is 22.4. The number of amides is 1. The highest BCUT2D eigenvalue weighted by Gasteiger charge is 2.54. The molecule has 170 valence electrons. The van der Waals surface area contributed by atoms with Crippen LogP contribution in [0.2, 0.25) is 10.0 Å². The number of rotatable bonds is 3. The molecule has 1 aliphatic heterocycles. The second-order valence-electron chi connectivity index (χ2n) is 8.38. The summed E-state index contributed by atoms with van der Waals surface area (Å²) in [5.74, 6) is -1.36. The topological polar surface area (TPSA) is 72.5 Å². The lowest BCUT2D eigenvalue weighted by Gasteiger charge is -2.38. The number of carbonyl (C=O) groups is 3. The molecule has 1 aliphatic carbocycles. The SMILES string of the molecule is COC(=O)c1cccc(C2=C[C@]3(C(=O)Nc4cc(Cl)ccc43)[C@H](c3cccc(Cl)c3)CC2=O)c1. The number of Topliss-reactive ketones (excluding diaryl/α,β-unsaturated/α-hetero) is 1. The van der Waals surface area contributed by atoms with Crippen molar-refractivity contribution in [3.8, 4) is 0 Å². The summed E-state index contributed by atoms with van der Waals surface area (Å²) in [5.41, 5.74) is 2.22. The fraction of sp³-hybridized carbons (Fsp3) is 0.148. The minimum atomic E-state index is -1.16. The molecule has 0 radical (unpaired) electrons. The van der Waals surface area contributed by atoms with Crippen molar-refractivity contribution in [1.29, 1.82) is 0 Å². The maximum atomic E-state index is 13.7. The molecule has 0 aromatic heterocycles. The van der Waals surface area contributed by atoms with Gasteiger partial charge in [0, 0.05) is 33.6 Å². The number of ketones is 1. The van der Waals surface area contributed by atoms with E-state index in [-0.39, 0.29) is 18.1 Å². The van der Waals surface area contributed by atoms with Gasteiger partial charge in [-0.15, -0.1) is 0 Å². The summed E-state index contributed by atoms with van der Waals surface area (Å²) in [6.45, 7) is 0. The van der Waals surface area contributed by atoms with Crippen molar-refractivity contribution in [1.82, 2.24) is 0 Å². The van der Waals surface area contributed by atoms with Crippen molar-refractivity contribution in [2.24, 2.45) is 0 Å². The highest BCUT2D eigenvalue weighted by molar-refractivity contribution is 6.31. The molecule has 0 fully saturated rings. The second-order valence-corrected chi connectivity index (χ2v) is 9.25. The summed E-state index contributed by atoms with van der Waals surface area (Å²) >= 11 is 12.5. The van der Waals surface area contributed by atoms with E-state index in [0.29, 0.717) is 32.4 Å². The van der Waals surface area contributed by atoms with Gasteiger partial charge in [0.2, 0.25) is 5.91 Å². The number of allylic oxidation sites excluding steroid dienone is 1. The van der Waals surface area contributed by atoms with Gasteiger partial charge < -0.3 is 10.1 Å². The fourth-order valence-corrected chi connectivity index (χ4v) is 5.33. The predicted molar refractivity (Wildman–Crippen MR) is 131 cm³/mol. The lowest BCUT2D eigenvalue weighted by molar-refractivity contribution is -0.121. The van der Waals surface area contributed by atoms with Crippen molar-refractivity contribution < 1.29 is 19.1 Å². The van der Waals surface area contributed by atoms with Gasteiger partial charge in [-0.05, 0) is 53.1 Å². The fourth-order valence-electron chi connectivity index (χ4n) is 4.96. The van der Waals surface area contributed by atoms with Crippen LogP contribution < -0.4 is 5.32 Å². The number of hydrogen-bond donors (Lipinski definition) is 1. The van der Waals surface area contributed by atoms with Gasteiger partial charge in [0.1, 0.15) is 5.41 Å². The number of carbonyl (C=O) groups excluding carboxylic acids is 3. The van der Waals surface area contributed by atoms with E-state index in [1.165, 1.54) is 7.11 Å². The van der Waals surface area contributed by atoms with Crippen LogP contribution >= 0.6 is 23.2 Å². The number of anilines is 1. The number of fused-ring (bicyclic) bond motifs is 2. The molecule has 2 aliphatic rings. The normalized spacial score (nSPS) is 21.1. The van der Waals surface area contributed by atoms with E-state index in [2.05, 4.69) is 5.32 Å². The Bertz CT molecular complexity index is 1400. The van der Waals surface area contributed by atoms with Gasteiger partial charge in [-0.2, -0.15) is 0 Å². The van der Waals surface area contributed by atoms with Crippen LogP contribution in [0.5, 0.6) is 0 Å². The average Bonchev–Trinajstić information content (AvgIpc) is 3.10. The Hall–Kier alpha value is -3.41. The first-order valence-corrected chi connectivity index (χ1v) is 11.4. The minimum absolute atomic E-state index is 0.0874. The maximum absolute atomic E-state index is 13.7. The van der Waals surface area contributed by atoms with Crippen LogP contribution in [0.25, 0.3) is 5.57 Å². The zero-order chi connectivity index (χ0) is 24.0. The van der Waals surface area contributed by atoms with Gasteiger partial charge in [-0.3, -0.25) is 9.59 Å². The maximum Gasteiger partial charge on any atom is 0.337 e. The summed E-state index contributed by atoms with van der Waals surface area (Å²) in [6, 6.07) is 19.2. The Morgan fingerprint density at radius 1 is 1.00 bits per heavy atom. The Morgan fingerprint density at radius 3 is 2.53 bits per heavy atom. The lowest BCUT2D eigenvalue weighted by Crippen LogP contribution is -2.43. The summed E-state index contributed by atoms with van der Waals surface area (Å²) in [5, 5.41) is 3.97. The van der Waals surface area contributed by atoms with Crippen molar-refractivity contribution in [2.45, 2.75) is 17.8 Å². The molecule has 0 unspecified atom stereocenters. The average molecular weight is 492 g/mol. The highest BCUT2D eigenvalue weighted by atomic mass is 35.5. The number of halogens is 2. The van der Waals surface area contributed by atoms with Crippen LogP contribution in [0.4, 0.5) is 5.69 Å². The van der Waals surface area contributed by atoms with E-state index < -0.39 is 17.3 Å². The summed E-state index contributed by atoms with van der Waals surface area (Å²) in [6.07, 6.45) is 1.82. The quantitative estimate of drug-likeness (QED) is 0.469. The zero-order valence-electron chi connectivity index (χ0n) is 18.1. The van der Waals surface area contributed by atoms with E-state index in [0.717, 1.165) is 11.1 Å². The highest BCUT2D eigenvalue weighted by Crippen LogP contribution is 2.54. The Morgan fingerprint density at radius 2 is 1.76 bits per heavy atom. The van der Waals surface area contributed by atoms with Crippen molar-refractivity contribution in [3.05, 3.63) is 105 Å². The molecule has 3 aromatic rings. The van der Waals surface area contributed by atoms with E-state index in [1.54, 1.807) is 54.6 Å². The smallest absolute Gasteiger partial charge is 0.337 e. The molecular weight excluding hydrogens is 473 g/mol. The molecule has 1 spiro atoms. The molecule has 5 rings (SSSR count). The first-order valence-electron chi connectivity index (χ1n) is 10.6. The molecule has 7 heteroatoms. The van der Waals surface area contributed by atoms with E-state index >= 15 is 0 Å². The Balaban J connectivity index is 1.76. The summed E-state index contributed by atoms with van der Waals surface area (Å²) in [7, 11) is 1.30. The van der Waals surface area contributed by atoms with Crippen LogP contribution in [-0.4, -0.2) is 24.8 Å². The molecule has 1 amide bonds. The third-order valence-electron chi connectivity index (χ3n) is 6.51. The van der Waals surface area contributed by atoms with Gasteiger partial charge in [-0.1, -0.05) is 59.6 Å². The third-order valence-corrected chi connectivity index (χ3v) is 6.98. The van der Waals surface area contributed by atoms with Crippen molar-refractivity contribution in [3.63, 3.8) is 0 Å². The van der Waals surface area contributed by atoms with Crippen LogP contribution in [0, 0.1) is 0 Å². The van der Waals surface area contributed by atoms with E-state index in [1.807, 2.05) is 18.2 Å². The molecule has 2 atom stereocenters. The number of ether oxygens (including phenoxy) is 1. The minimum Gasteiger partial charge on any atom is -0.465 e. The van der Waals surface area contributed by atoms with Gasteiger partial charge >= 0.3 is 5.97 Å². The predicted octanol–water partition coefficient (Wildman–Crippen LogP) is 5.81. The van der Waals surface area contributed by atoms with Crippen LogP contribution in [0.15, 0.2) is 72.8 Å². The molecule has 5 nitrogen and oxygen atoms in total. The van der Waals surface area contributed by atoms with Crippen LogP contribution in [-0.2, 0) is 19.7 Å². The van der Waals surface area contributed by atoms with Gasteiger partial charge in [0.05, 0.1) is 12.7 Å². The van der Waals surface area contributed by atoms with E-state index in [4.69, 9.17) is 27.9 Å². The number of methoxy groups -OCH3 is 1. The zero-order valence-corrected chi connectivity index (χ0v) is 19.6. The molecule has 3 aromatic carbocycles. The molecule has 1 N–H and O–H groups in total. The molecule has 0 bridgehead atoms. The van der Waals surface area contributed by atoms with Crippen LogP contribution in [0.3, 0.4) is 0 Å². The monoisotopic (exact) mass is 491 g/mol. The molecule has 34 heavy (non-hydrogen) atoms. The second kappa shape index (κ2) is 8.42. The van der Waals surface area contributed by atoms with Crippen molar-refractivity contribution >= 4 is 52.1 Å². The molecule has 1 heterocycles. The summed E-state index contributed by atoms with van der Waals surface area (Å²) in [4.78, 5) is 39.2. The first-order chi connectivity index (χ1) is 16.3. The van der Waals surface area contributed by atoms with E-state index in [9.17, 15) is 14.4 Å². The van der Waals surface area contributed by atoms with Gasteiger partial charge in [-0.25, -0.2) is 4.79 Å². The Kier molecular flexibility index (Phi) is 5.54. The summed E-state index contributed by atoms with van der Waals surface area (Å²) < 4.78 is 4.83. The number of nitrogens with one attached hydrogen (secondary N) is 1. The van der Waals surface area contributed by atoms with Crippen LogP contribution in [0.1, 0.15) is 39.4 Å². The largest absolute Gasteiger partial charge is 0.465 e. The molecule has 0 saturated carbocycles. The molecular formula is C27H19Cl2NO4. The standard InChI is InChI=1S/C27H19Cl2NO4/c1-34-25(32)17-6-2-4-15(10-17)20-14-27(21-9-8-19(29)12-23(21)30-26(27)33)22(13-24(20)31)16-5-3-7-18(28)11-16/h2-12,14,22H,13H2,1H3,(H,30,33)/t22-,27+/m0/s1. The third kappa shape index (κ3) is 3.52.